The van der Waals surface area contributed by atoms with Gasteiger partial charge < -0.3 is 19.4 Å². The maximum Gasteiger partial charge on any atom is 0.306 e. The Morgan fingerprint density at radius 1 is 0.603 bits per heavy atom. The Hall–Kier alpha value is -2.00. The highest BCUT2D eigenvalue weighted by Crippen LogP contribution is 2.55. The number of nitrogens with zero attached hydrogens (tertiary/aromatic N) is 5. The topological polar surface area (TPSA) is 59.6 Å². The third kappa shape index (κ3) is 11.1. The number of hydrogen-bond donors (Lipinski definition) is 0. The second kappa shape index (κ2) is 19.4. The van der Waals surface area contributed by atoms with E-state index in [-0.39, 0.29) is 11.6 Å². The highest BCUT2D eigenvalue weighted by Gasteiger charge is 2.50. The summed E-state index contributed by atoms with van der Waals surface area (Å²) in [6.45, 7) is 31.2. The van der Waals surface area contributed by atoms with E-state index >= 15 is 0 Å². The first-order chi connectivity index (χ1) is 27.7. The average Bonchev–Trinajstić information content (AvgIpc) is 4.00. The Bertz CT molecular complexity index is 1470. The van der Waals surface area contributed by atoms with Gasteiger partial charge in [0, 0.05) is 103 Å². The zero-order chi connectivity index (χ0) is 41.1. The van der Waals surface area contributed by atoms with E-state index in [0.717, 1.165) is 61.9 Å². The lowest BCUT2D eigenvalue weighted by Gasteiger charge is -2.41. The van der Waals surface area contributed by atoms with Crippen molar-refractivity contribution in [3.8, 4) is 0 Å². The van der Waals surface area contributed by atoms with Gasteiger partial charge in [-0.2, -0.15) is 0 Å². The molecule has 3 saturated heterocycles. The Balaban J connectivity index is 0.000000184. The number of piperazine rings is 2. The summed E-state index contributed by atoms with van der Waals surface area (Å²) in [5.41, 5.74) is 2.42. The molecular weight excluding hydrogens is 719 g/mol. The minimum atomic E-state index is -0.364. The number of carbonyl (C=O) groups excluding carboxylic acids is 2. The average molecular weight is 802 g/mol. The summed E-state index contributed by atoms with van der Waals surface area (Å²) in [7, 11) is 0. The van der Waals surface area contributed by atoms with Gasteiger partial charge in [-0.3, -0.25) is 19.4 Å². The van der Waals surface area contributed by atoms with Gasteiger partial charge in [0.05, 0.1) is 0 Å². The third-order valence-electron chi connectivity index (χ3n) is 16.4. The van der Waals surface area contributed by atoms with E-state index in [1.807, 2.05) is 20.8 Å². The van der Waals surface area contributed by atoms with Gasteiger partial charge in [-0.05, 0) is 166 Å². The molecule has 58 heavy (non-hydrogen) atoms. The van der Waals surface area contributed by atoms with Crippen LogP contribution in [-0.4, -0.2) is 133 Å². The van der Waals surface area contributed by atoms with Crippen molar-refractivity contribution in [3.05, 3.63) is 35.4 Å². The van der Waals surface area contributed by atoms with E-state index in [2.05, 4.69) is 83.4 Å². The first kappa shape index (κ1) is 44.1. The van der Waals surface area contributed by atoms with Crippen LogP contribution in [0.4, 0.5) is 0 Å². The molecule has 4 aliphatic carbocycles. The Morgan fingerprint density at radius 2 is 1.03 bits per heavy atom. The summed E-state index contributed by atoms with van der Waals surface area (Å²) in [5.74, 6) is 7.03. The zero-order valence-electron chi connectivity index (χ0n) is 38.2. The van der Waals surface area contributed by atoms with E-state index in [9.17, 15) is 9.59 Å². The Kier molecular flexibility index (Phi) is 14.7. The van der Waals surface area contributed by atoms with Crippen LogP contribution < -0.4 is 0 Å². The normalized spacial score (nSPS) is 32.6. The molecule has 3 aliphatic heterocycles. The van der Waals surface area contributed by atoms with Crippen LogP contribution in [-0.2, 0) is 14.3 Å². The number of aryl methyl sites for hydroxylation is 1. The first-order valence-corrected chi connectivity index (χ1v) is 24.2. The fourth-order valence-electron chi connectivity index (χ4n) is 13.0. The number of likely N-dealkylation sites (tertiary alicyclic amines) is 1. The summed E-state index contributed by atoms with van der Waals surface area (Å²) < 4.78 is 5.63. The van der Waals surface area contributed by atoms with Crippen LogP contribution in [0.25, 0.3) is 0 Å². The van der Waals surface area contributed by atoms with E-state index in [1.54, 1.807) is 0 Å². The second-order valence-electron chi connectivity index (χ2n) is 21.7. The van der Waals surface area contributed by atoms with Gasteiger partial charge in [-0.15, -0.1) is 0 Å². The zero-order valence-corrected chi connectivity index (χ0v) is 38.2. The standard InChI is InChI=1S/C29H45N3O.C21H38N2O2/c1-21(2)31-16-14-30(15-17-31)20-28-26-9-8-25(18-26)27(28)19-29(33)32-12-10-24(11-13-32)23-6-4-22(3)5-7-23;1-15(2)23-10-8-22(9-11-23)14-19-17-7-6-16(12-17)18(19)13-20(24)25-21(3,4)5/h4-7,21,24-28H,8-20H2,1-3H3;15-19H,6-14H2,1-5H3/t25-,26?,27?,28?;16-,17?,18?,19?/m00/s1. The molecule has 7 aliphatic rings. The highest BCUT2D eigenvalue weighted by molar-refractivity contribution is 5.76. The SMILES string of the molecule is CC(C)N1CCN(CC2C3CC[C@@H](C3)C2CC(=O)OC(C)(C)C)CC1.Cc1ccc(C2CCN(C(=O)CC3C(CN4CCN(C(C)C)CC4)C4CC[C@H]3C4)CC2)cc1. The predicted octanol–water partition coefficient (Wildman–Crippen LogP) is 8.19. The maximum atomic E-state index is 13.4. The largest absolute Gasteiger partial charge is 0.460 e. The minimum Gasteiger partial charge on any atom is -0.460 e. The molecule has 326 valence electrons. The van der Waals surface area contributed by atoms with E-state index in [0.29, 0.717) is 48.1 Å². The van der Waals surface area contributed by atoms with Crippen LogP contribution in [0.15, 0.2) is 24.3 Å². The third-order valence-corrected chi connectivity index (χ3v) is 16.4. The van der Waals surface area contributed by atoms with Crippen LogP contribution in [0.5, 0.6) is 0 Å². The summed E-state index contributed by atoms with van der Waals surface area (Å²) in [6, 6.07) is 10.4. The number of hydrogen-bond acceptors (Lipinski definition) is 7. The molecule has 0 radical (unpaired) electrons. The maximum absolute atomic E-state index is 13.4. The molecule has 0 N–H and O–H groups in total. The van der Waals surface area contributed by atoms with Gasteiger partial charge in [0.1, 0.15) is 5.60 Å². The lowest BCUT2D eigenvalue weighted by molar-refractivity contribution is -0.157. The van der Waals surface area contributed by atoms with Crippen molar-refractivity contribution in [2.24, 2.45) is 47.3 Å². The number of esters is 1. The van der Waals surface area contributed by atoms with Crippen molar-refractivity contribution in [2.75, 3.05) is 78.5 Å². The summed E-state index contributed by atoms with van der Waals surface area (Å²) in [4.78, 5) is 38.6. The Morgan fingerprint density at radius 3 is 1.47 bits per heavy atom. The van der Waals surface area contributed by atoms with Crippen LogP contribution in [0.2, 0.25) is 0 Å². The van der Waals surface area contributed by atoms with E-state index in [1.165, 1.54) is 115 Å². The second-order valence-corrected chi connectivity index (χ2v) is 21.7. The van der Waals surface area contributed by atoms with Crippen molar-refractivity contribution in [1.29, 1.82) is 0 Å². The van der Waals surface area contributed by atoms with Gasteiger partial charge >= 0.3 is 5.97 Å². The number of rotatable bonds is 11. The van der Waals surface area contributed by atoms with Gasteiger partial charge in [-0.25, -0.2) is 0 Å². The van der Waals surface area contributed by atoms with Gasteiger partial charge in [0.2, 0.25) is 5.91 Å². The number of benzene rings is 1. The molecule has 8 rings (SSSR count). The first-order valence-electron chi connectivity index (χ1n) is 24.2. The number of fused-ring (bicyclic) bond motifs is 4. The quantitative estimate of drug-likeness (QED) is 0.209. The smallest absolute Gasteiger partial charge is 0.306 e. The van der Waals surface area contributed by atoms with E-state index in [4.69, 9.17) is 4.74 Å². The Labute approximate surface area is 354 Å². The van der Waals surface area contributed by atoms with Crippen LogP contribution >= 0.6 is 0 Å². The number of amides is 1. The molecule has 1 aromatic carbocycles. The van der Waals surface area contributed by atoms with Crippen molar-refractivity contribution < 1.29 is 14.3 Å². The fraction of sp³-hybridized carbons (Fsp3) is 0.840. The minimum absolute atomic E-state index is 0.0136. The van der Waals surface area contributed by atoms with Crippen molar-refractivity contribution in [3.63, 3.8) is 0 Å². The van der Waals surface area contributed by atoms with Gasteiger partial charge in [0.15, 0.2) is 0 Å². The number of piperidine rings is 1. The molecule has 0 aromatic heterocycles. The molecule has 1 amide bonds. The molecule has 4 bridgehead atoms. The lowest BCUT2D eigenvalue weighted by atomic mass is 9.76. The molecule has 4 saturated carbocycles. The predicted molar refractivity (Wildman–Crippen MR) is 237 cm³/mol. The van der Waals surface area contributed by atoms with Gasteiger partial charge in [0.25, 0.3) is 0 Å². The van der Waals surface area contributed by atoms with Gasteiger partial charge in [-0.1, -0.05) is 29.8 Å². The van der Waals surface area contributed by atoms with Crippen molar-refractivity contribution in [1.82, 2.24) is 24.5 Å². The van der Waals surface area contributed by atoms with Crippen LogP contribution in [0, 0.1) is 54.3 Å². The summed E-state index contributed by atoms with van der Waals surface area (Å²) in [5, 5.41) is 0. The summed E-state index contributed by atoms with van der Waals surface area (Å²) in [6.07, 6.45) is 11.9. The molecule has 1 aromatic rings. The van der Waals surface area contributed by atoms with Crippen molar-refractivity contribution >= 4 is 11.9 Å². The van der Waals surface area contributed by atoms with E-state index < -0.39 is 0 Å². The molecule has 8 atom stereocenters. The molecule has 8 heteroatoms. The molecule has 7 fully saturated rings. The molecular formula is C50H83N5O3. The monoisotopic (exact) mass is 802 g/mol. The molecule has 0 spiro atoms. The lowest BCUT2D eigenvalue weighted by Crippen LogP contribution is -2.51. The molecule has 6 unspecified atom stereocenters. The fourth-order valence-corrected chi connectivity index (χ4v) is 13.0. The van der Waals surface area contributed by atoms with Crippen LogP contribution in [0.1, 0.15) is 130 Å². The van der Waals surface area contributed by atoms with Crippen molar-refractivity contribution in [2.45, 2.75) is 143 Å². The van der Waals surface area contributed by atoms with Crippen LogP contribution in [0.3, 0.4) is 0 Å². The number of ether oxygens (including phenoxy) is 1. The molecule has 8 nitrogen and oxygen atoms in total. The number of carbonyl (C=O) groups is 2. The highest BCUT2D eigenvalue weighted by atomic mass is 16.6. The molecule has 3 heterocycles. The summed E-state index contributed by atoms with van der Waals surface area (Å²) >= 11 is 0.